The number of rotatable bonds is 4. The second-order valence-electron chi connectivity index (χ2n) is 3.75. The van der Waals surface area contributed by atoms with Gasteiger partial charge in [-0.25, -0.2) is 9.18 Å². The van der Waals surface area contributed by atoms with E-state index in [4.69, 9.17) is 0 Å². The van der Waals surface area contributed by atoms with Crippen LogP contribution in [0.5, 0.6) is 0 Å². The van der Waals surface area contributed by atoms with Crippen LogP contribution >= 0.6 is 0 Å². The van der Waals surface area contributed by atoms with Gasteiger partial charge in [0.15, 0.2) is 0 Å². The number of hydrogen-bond acceptors (Lipinski definition) is 4. The minimum Gasteiger partial charge on any atom is -0.465 e. The molecule has 17 heavy (non-hydrogen) atoms. The van der Waals surface area contributed by atoms with E-state index < -0.39 is 17.9 Å². The largest absolute Gasteiger partial charge is 0.465 e. The van der Waals surface area contributed by atoms with Gasteiger partial charge in [-0.05, 0) is 31.7 Å². The molecule has 0 fully saturated rings. The Morgan fingerprint density at radius 3 is 2.76 bits per heavy atom. The molecule has 0 aliphatic rings. The molecule has 0 aliphatic heterocycles. The number of carbonyl (C=O) groups excluding carboxylic acids is 1. The van der Waals surface area contributed by atoms with Gasteiger partial charge in [-0.1, -0.05) is 0 Å². The first kappa shape index (κ1) is 13.6. The fourth-order valence-corrected chi connectivity index (χ4v) is 1.58. The molecular formula is C12H16FNO3. The average Bonchev–Trinajstić information content (AvgIpc) is 2.28. The molecule has 0 bridgehead atoms. The summed E-state index contributed by atoms with van der Waals surface area (Å²) >= 11 is 0. The SMILES string of the molecule is CNCC(O)c1cc(C(=O)OC)c(C)cc1F. The highest BCUT2D eigenvalue weighted by Crippen LogP contribution is 2.21. The Morgan fingerprint density at radius 1 is 1.59 bits per heavy atom. The molecule has 0 amide bonds. The number of hydrogen-bond donors (Lipinski definition) is 2. The third kappa shape index (κ3) is 3.01. The van der Waals surface area contributed by atoms with E-state index in [-0.39, 0.29) is 17.7 Å². The zero-order chi connectivity index (χ0) is 13.0. The minimum atomic E-state index is -0.996. The van der Waals surface area contributed by atoms with Gasteiger partial charge in [0.25, 0.3) is 0 Å². The molecule has 1 aromatic rings. The van der Waals surface area contributed by atoms with E-state index in [2.05, 4.69) is 10.1 Å². The number of nitrogens with one attached hydrogen (secondary N) is 1. The van der Waals surface area contributed by atoms with Gasteiger partial charge in [-0.3, -0.25) is 0 Å². The molecule has 0 aliphatic carbocycles. The van der Waals surface area contributed by atoms with Crippen LogP contribution in [0.25, 0.3) is 0 Å². The van der Waals surface area contributed by atoms with Crippen LogP contribution in [0.2, 0.25) is 0 Å². The molecule has 1 unspecified atom stereocenters. The smallest absolute Gasteiger partial charge is 0.338 e. The standard InChI is InChI=1S/C12H16FNO3/c1-7-4-10(13)9(11(15)6-14-2)5-8(7)12(16)17-3/h4-5,11,14-15H,6H2,1-3H3. The third-order valence-electron chi connectivity index (χ3n) is 2.51. The van der Waals surface area contributed by atoms with Crippen molar-refractivity contribution in [1.82, 2.24) is 5.32 Å². The first-order valence-electron chi connectivity index (χ1n) is 5.22. The lowest BCUT2D eigenvalue weighted by atomic mass is 10.0. The third-order valence-corrected chi connectivity index (χ3v) is 2.51. The van der Waals surface area contributed by atoms with E-state index in [9.17, 15) is 14.3 Å². The predicted octanol–water partition coefficient (Wildman–Crippen LogP) is 1.17. The van der Waals surface area contributed by atoms with Crippen molar-refractivity contribution in [2.75, 3.05) is 20.7 Å². The molecule has 0 spiro atoms. The van der Waals surface area contributed by atoms with Crippen LogP contribution in [-0.2, 0) is 4.74 Å². The number of esters is 1. The second-order valence-corrected chi connectivity index (χ2v) is 3.75. The van der Waals surface area contributed by atoms with Gasteiger partial charge >= 0.3 is 5.97 Å². The summed E-state index contributed by atoms with van der Waals surface area (Å²) in [6.07, 6.45) is -0.996. The Kier molecular flexibility index (Phi) is 4.60. The van der Waals surface area contributed by atoms with Crippen molar-refractivity contribution in [2.45, 2.75) is 13.0 Å². The van der Waals surface area contributed by atoms with Crippen LogP contribution in [0.15, 0.2) is 12.1 Å². The van der Waals surface area contributed by atoms with E-state index in [0.29, 0.717) is 5.56 Å². The van der Waals surface area contributed by atoms with Crippen molar-refractivity contribution in [1.29, 1.82) is 0 Å². The molecule has 0 radical (unpaired) electrons. The number of likely N-dealkylation sites (N-methyl/N-ethyl adjacent to an activating group) is 1. The number of ether oxygens (including phenoxy) is 1. The molecule has 0 saturated heterocycles. The molecule has 2 N–H and O–H groups in total. The molecule has 94 valence electrons. The summed E-state index contributed by atoms with van der Waals surface area (Å²) in [5.41, 5.74) is 0.833. The van der Waals surface area contributed by atoms with Gasteiger partial charge < -0.3 is 15.2 Å². The lowest BCUT2D eigenvalue weighted by Crippen LogP contribution is -2.18. The normalized spacial score (nSPS) is 12.3. The minimum absolute atomic E-state index is 0.0883. The lowest BCUT2D eigenvalue weighted by molar-refractivity contribution is 0.0599. The van der Waals surface area contributed by atoms with Crippen LogP contribution in [0, 0.1) is 12.7 Å². The Morgan fingerprint density at radius 2 is 2.24 bits per heavy atom. The van der Waals surface area contributed by atoms with Gasteiger partial charge in [0.05, 0.1) is 18.8 Å². The fourth-order valence-electron chi connectivity index (χ4n) is 1.58. The molecule has 0 aromatic heterocycles. The number of aliphatic hydroxyl groups excluding tert-OH is 1. The van der Waals surface area contributed by atoms with Crippen molar-refractivity contribution in [2.24, 2.45) is 0 Å². The van der Waals surface area contributed by atoms with E-state index in [1.54, 1.807) is 14.0 Å². The van der Waals surface area contributed by atoms with Crippen molar-refractivity contribution < 1.29 is 19.0 Å². The van der Waals surface area contributed by atoms with Gasteiger partial charge in [-0.15, -0.1) is 0 Å². The fraction of sp³-hybridized carbons (Fsp3) is 0.417. The van der Waals surface area contributed by atoms with Crippen LogP contribution < -0.4 is 5.32 Å². The van der Waals surface area contributed by atoms with E-state index in [1.165, 1.54) is 19.2 Å². The van der Waals surface area contributed by atoms with Crippen molar-refractivity contribution >= 4 is 5.97 Å². The molecule has 1 atom stereocenters. The lowest BCUT2D eigenvalue weighted by Gasteiger charge is -2.14. The molecule has 1 aromatic carbocycles. The molecule has 5 heteroatoms. The topological polar surface area (TPSA) is 58.6 Å². The number of benzene rings is 1. The highest BCUT2D eigenvalue weighted by atomic mass is 19.1. The zero-order valence-corrected chi connectivity index (χ0v) is 10.1. The average molecular weight is 241 g/mol. The van der Waals surface area contributed by atoms with Gasteiger partial charge in [0, 0.05) is 12.1 Å². The summed E-state index contributed by atoms with van der Waals surface area (Å²) in [5, 5.41) is 12.5. The molecule has 4 nitrogen and oxygen atoms in total. The summed E-state index contributed by atoms with van der Waals surface area (Å²) in [5.74, 6) is -1.07. The molecule has 0 saturated carbocycles. The number of methoxy groups -OCH3 is 1. The van der Waals surface area contributed by atoms with Crippen LogP contribution in [0.1, 0.15) is 27.6 Å². The van der Waals surface area contributed by atoms with Gasteiger partial charge in [0.2, 0.25) is 0 Å². The Bertz CT molecular complexity index is 420. The summed E-state index contributed by atoms with van der Waals surface area (Å²) < 4.78 is 18.2. The maximum atomic E-state index is 13.6. The van der Waals surface area contributed by atoms with Crippen molar-refractivity contribution in [3.63, 3.8) is 0 Å². The first-order valence-corrected chi connectivity index (χ1v) is 5.22. The predicted molar refractivity (Wildman–Crippen MR) is 61.4 cm³/mol. The highest BCUT2D eigenvalue weighted by Gasteiger charge is 2.18. The van der Waals surface area contributed by atoms with E-state index >= 15 is 0 Å². The second kappa shape index (κ2) is 5.75. The van der Waals surface area contributed by atoms with Gasteiger partial charge in [0.1, 0.15) is 5.82 Å². The van der Waals surface area contributed by atoms with Crippen molar-refractivity contribution in [3.8, 4) is 0 Å². The Labute approximate surface area is 99.4 Å². The Balaban J connectivity index is 3.18. The number of aliphatic hydroxyl groups is 1. The van der Waals surface area contributed by atoms with E-state index in [1.807, 2.05) is 0 Å². The summed E-state index contributed by atoms with van der Waals surface area (Å²) in [6.45, 7) is 1.82. The van der Waals surface area contributed by atoms with Crippen molar-refractivity contribution in [3.05, 3.63) is 34.6 Å². The molecular weight excluding hydrogens is 225 g/mol. The summed E-state index contributed by atoms with van der Waals surface area (Å²) in [7, 11) is 2.91. The number of halogens is 1. The quantitative estimate of drug-likeness (QED) is 0.777. The summed E-state index contributed by atoms with van der Waals surface area (Å²) in [4.78, 5) is 11.4. The van der Waals surface area contributed by atoms with Crippen LogP contribution in [0.3, 0.4) is 0 Å². The maximum absolute atomic E-state index is 13.6. The maximum Gasteiger partial charge on any atom is 0.338 e. The molecule has 0 heterocycles. The first-order chi connectivity index (χ1) is 8.01. The zero-order valence-electron chi connectivity index (χ0n) is 10.1. The Hall–Kier alpha value is -1.46. The van der Waals surface area contributed by atoms with Gasteiger partial charge in [-0.2, -0.15) is 0 Å². The number of aryl methyl sites for hydroxylation is 1. The van der Waals surface area contributed by atoms with Crippen LogP contribution in [-0.4, -0.2) is 31.8 Å². The highest BCUT2D eigenvalue weighted by molar-refractivity contribution is 5.91. The van der Waals surface area contributed by atoms with E-state index in [0.717, 1.165) is 0 Å². The monoisotopic (exact) mass is 241 g/mol. The van der Waals surface area contributed by atoms with Crippen LogP contribution in [0.4, 0.5) is 4.39 Å². The molecule has 1 rings (SSSR count). The summed E-state index contributed by atoms with van der Waals surface area (Å²) in [6, 6.07) is 2.55. The number of carbonyl (C=O) groups is 1.